The lowest BCUT2D eigenvalue weighted by molar-refractivity contribution is -0.935. The molecular weight excluding hydrogens is 322 g/mol. The van der Waals surface area contributed by atoms with Crippen molar-refractivity contribution in [2.75, 3.05) is 41.3 Å². The van der Waals surface area contributed by atoms with Crippen LogP contribution in [0.1, 0.15) is 91.9 Å². The summed E-state index contributed by atoms with van der Waals surface area (Å²) in [5, 5.41) is 0. The Balaban J connectivity index is 0. The SMILES string of the molecule is CCC(CC)CCCC[15N+](C)(C)NN.CCC(CC)CCCC[15N](C)C. The molecule has 160 valence electrons. The van der Waals surface area contributed by atoms with Gasteiger partial charge in [-0.05, 0) is 51.7 Å². The van der Waals surface area contributed by atoms with Crippen molar-refractivity contribution in [2.24, 2.45) is 17.7 Å². The number of nitrogens with one attached hydrogen (secondary N) is 1. The smallest absolute Gasteiger partial charge is 0.0969 e. The average molecular weight is 376 g/mol. The molecule has 0 spiro atoms. The second-order valence-corrected chi connectivity index (χ2v) is 8.70. The molecule has 0 atom stereocenters. The molecule has 4 nitrogen and oxygen atoms in total. The number of hydrazine groups is 1. The van der Waals surface area contributed by atoms with Crippen LogP contribution in [0.3, 0.4) is 0 Å². The monoisotopic (exact) mass is 375 g/mol. The van der Waals surface area contributed by atoms with E-state index in [2.05, 4.69) is 66.3 Å². The fourth-order valence-electron chi connectivity index (χ4n) is 3.26. The van der Waals surface area contributed by atoms with Gasteiger partial charge in [0.25, 0.3) is 0 Å². The Bertz CT molecular complexity index is 271. The van der Waals surface area contributed by atoms with Gasteiger partial charge in [0.15, 0.2) is 0 Å². The molecule has 0 amide bonds. The normalized spacial score (nSPS) is 12.0. The molecule has 0 aliphatic carbocycles. The highest BCUT2D eigenvalue weighted by atomic mass is 16.3. The molecule has 0 aromatic rings. The van der Waals surface area contributed by atoms with Gasteiger partial charge in [0.2, 0.25) is 0 Å². The molecule has 0 radical (unpaired) electrons. The van der Waals surface area contributed by atoms with Gasteiger partial charge < -0.3 is 4.90 Å². The number of quaternary nitrogens is 1. The van der Waals surface area contributed by atoms with Crippen molar-refractivity contribution in [1.82, 2.24) is 10.4 Å². The van der Waals surface area contributed by atoms with Crippen molar-refractivity contribution in [2.45, 2.75) is 91.9 Å². The predicted molar refractivity (Wildman–Crippen MR) is 119 cm³/mol. The van der Waals surface area contributed by atoms with Crippen molar-refractivity contribution in [1.29, 1.82) is 0 Å². The molecule has 0 aromatic heterocycles. The van der Waals surface area contributed by atoms with Gasteiger partial charge in [-0.15, -0.1) is 5.53 Å². The molecule has 0 aliphatic rings. The Morgan fingerprint density at radius 2 is 1.19 bits per heavy atom. The summed E-state index contributed by atoms with van der Waals surface area (Å²) in [6.45, 7) is 11.5. The van der Waals surface area contributed by atoms with Crippen LogP contribution in [0, 0.1) is 11.8 Å². The Kier molecular flexibility index (Phi) is 19.7. The van der Waals surface area contributed by atoms with Gasteiger partial charge in [-0.1, -0.05) is 72.6 Å². The zero-order valence-electron chi connectivity index (χ0n) is 19.6. The van der Waals surface area contributed by atoms with Gasteiger partial charge in [-0.3, -0.25) is 0 Å². The van der Waals surface area contributed by atoms with Crippen LogP contribution in [-0.4, -0.2) is 50.8 Å². The summed E-state index contributed by atoms with van der Waals surface area (Å²) in [6.07, 6.45) is 13.5. The lowest BCUT2D eigenvalue weighted by Gasteiger charge is -2.26. The molecule has 0 rings (SSSR count). The second kappa shape index (κ2) is 18.2. The number of nitrogens with zero attached hydrogens (tertiary/aromatic N) is 2. The minimum Gasteiger partial charge on any atom is -0.309 e. The third-order valence-corrected chi connectivity index (χ3v) is 5.71. The molecule has 0 heterocycles. The van der Waals surface area contributed by atoms with E-state index < -0.39 is 0 Å². The van der Waals surface area contributed by atoms with E-state index in [0.717, 1.165) is 18.4 Å². The van der Waals surface area contributed by atoms with Crippen LogP contribution in [0.15, 0.2) is 0 Å². The first-order valence-corrected chi connectivity index (χ1v) is 11.2. The van der Waals surface area contributed by atoms with Gasteiger partial charge in [0.1, 0.15) is 0 Å². The van der Waals surface area contributed by atoms with E-state index in [1.165, 1.54) is 70.8 Å². The summed E-state index contributed by atoms with van der Waals surface area (Å²) in [4.78, 5) is 2.27. The van der Waals surface area contributed by atoms with Crippen LogP contribution in [0.25, 0.3) is 0 Å². The molecule has 0 bridgehead atoms. The Hall–Kier alpha value is -0.160. The summed E-state index contributed by atoms with van der Waals surface area (Å²) >= 11 is 0. The van der Waals surface area contributed by atoms with Crippen LogP contribution in [0.5, 0.6) is 0 Å². The minimum absolute atomic E-state index is 0.711. The Morgan fingerprint density at radius 3 is 1.54 bits per heavy atom. The van der Waals surface area contributed by atoms with Gasteiger partial charge in [-0.25, -0.2) is 10.4 Å². The molecule has 3 N–H and O–H groups in total. The average Bonchev–Trinajstić information content (AvgIpc) is 2.62. The van der Waals surface area contributed by atoms with Gasteiger partial charge in [-0.2, -0.15) is 0 Å². The zero-order valence-corrected chi connectivity index (χ0v) is 19.6. The standard InChI is InChI=1S/C11H28N3.C11H25N/c1-5-11(6-2)9-7-8-10-14(3,4)13-12;1-5-11(6-2)9-7-8-10-12(3)4/h11,13H,5-10,12H2,1-4H3;11H,5-10H2,1-4H3/q+1;/i14+1;12+1. The van der Waals surface area contributed by atoms with E-state index in [-0.39, 0.29) is 0 Å². The fourth-order valence-corrected chi connectivity index (χ4v) is 3.26. The number of unbranched alkanes of at least 4 members (excludes halogenated alkanes) is 2. The summed E-state index contributed by atoms with van der Waals surface area (Å²) in [7, 11) is 8.49. The number of hydrogen-bond acceptors (Lipinski definition) is 3. The highest BCUT2D eigenvalue weighted by Crippen LogP contribution is 2.16. The van der Waals surface area contributed by atoms with Crippen molar-refractivity contribution < 1.29 is 4.59 Å². The maximum absolute atomic E-state index is 5.42. The third kappa shape index (κ3) is 18.6. The van der Waals surface area contributed by atoms with Crippen LogP contribution < -0.4 is 11.4 Å². The lowest BCUT2D eigenvalue weighted by atomic mass is 9.97. The summed E-state index contributed by atoms with van der Waals surface area (Å²) < 4.78 is 0.711. The molecule has 0 fully saturated rings. The first-order chi connectivity index (χ1) is 12.3. The van der Waals surface area contributed by atoms with Crippen LogP contribution in [0.4, 0.5) is 0 Å². The molecule has 0 aliphatic heterocycles. The van der Waals surface area contributed by atoms with E-state index >= 15 is 0 Å². The van der Waals surface area contributed by atoms with Gasteiger partial charge in [0, 0.05) is 0 Å². The molecular formula is C22H53N4+. The topological polar surface area (TPSA) is 41.3 Å². The number of nitrogens with two attached hydrogens (primary N) is 1. The molecule has 26 heavy (non-hydrogen) atoms. The van der Waals surface area contributed by atoms with E-state index in [9.17, 15) is 0 Å². The molecule has 4 heteroatoms. The van der Waals surface area contributed by atoms with E-state index in [1.807, 2.05) is 0 Å². The maximum Gasteiger partial charge on any atom is 0.0969 e. The van der Waals surface area contributed by atoms with Gasteiger partial charge in [0.05, 0.1) is 20.6 Å². The first kappa shape index (κ1) is 28.1. The number of rotatable bonds is 15. The Labute approximate surface area is 166 Å². The second-order valence-electron chi connectivity index (χ2n) is 8.70. The highest BCUT2D eigenvalue weighted by molar-refractivity contribution is 4.56. The summed E-state index contributed by atoms with van der Waals surface area (Å²) in [6, 6.07) is 0. The van der Waals surface area contributed by atoms with Crippen molar-refractivity contribution in [3.05, 3.63) is 0 Å². The minimum atomic E-state index is 0.711. The maximum atomic E-state index is 5.42. The quantitative estimate of drug-likeness (QED) is 0.136. The van der Waals surface area contributed by atoms with Crippen LogP contribution in [-0.2, 0) is 0 Å². The van der Waals surface area contributed by atoms with Gasteiger partial charge >= 0.3 is 0 Å². The molecule has 0 unspecified atom stereocenters. The largest absolute Gasteiger partial charge is 0.309 e. The third-order valence-electron chi connectivity index (χ3n) is 5.71. The summed E-state index contributed by atoms with van der Waals surface area (Å²) in [5.41, 5.74) is 2.79. The van der Waals surface area contributed by atoms with Crippen LogP contribution >= 0.6 is 0 Å². The van der Waals surface area contributed by atoms with Crippen molar-refractivity contribution in [3.63, 3.8) is 0 Å². The van der Waals surface area contributed by atoms with E-state index in [0.29, 0.717) is 4.59 Å². The zero-order chi connectivity index (χ0) is 20.4. The number of hydrogen-bond donors (Lipinski definition) is 2. The van der Waals surface area contributed by atoms with E-state index in [4.69, 9.17) is 5.84 Å². The fraction of sp³-hybridized carbons (Fsp3) is 1.00. The Morgan fingerprint density at radius 1 is 0.769 bits per heavy atom. The summed E-state index contributed by atoms with van der Waals surface area (Å²) in [5.74, 6) is 7.33. The highest BCUT2D eigenvalue weighted by Gasteiger charge is 2.12. The van der Waals surface area contributed by atoms with Crippen molar-refractivity contribution >= 4 is 0 Å². The molecule has 0 saturated carbocycles. The van der Waals surface area contributed by atoms with E-state index in [1.54, 1.807) is 0 Å². The first-order valence-electron chi connectivity index (χ1n) is 11.2. The molecule has 0 aromatic carbocycles. The predicted octanol–water partition coefficient (Wildman–Crippen LogP) is 5.20. The van der Waals surface area contributed by atoms with Crippen molar-refractivity contribution in [3.8, 4) is 0 Å². The lowest BCUT2D eigenvalue weighted by Crippen LogP contribution is -2.55. The molecule has 0 saturated heterocycles. The van der Waals surface area contributed by atoms with Crippen LogP contribution in [0.2, 0.25) is 0 Å².